The minimum absolute atomic E-state index is 0.112. The molecule has 0 aromatic heterocycles. The third-order valence-electron chi connectivity index (χ3n) is 6.50. The van der Waals surface area contributed by atoms with Crippen molar-refractivity contribution in [1.29, 1.82) is 0 Å². The molecule has 0 saturated carbocycles. The van der Waals surface area contributed by atoms with Crippen LogP contribution in [0.5, 0.6) is 0 Å². The molecule has 0 aliphatic heterocycles. The molecule has 2 heteroatoms. The van der Waals surface area contributed by atoms with Crippen molar-refractivity contribution < 1.29 is 0 Å². The predicted octanol–water partition coefficient (Wildman–Crippen LogP) is 10.1. The summed E-state index contributed by atoms with van der Waals surface area (Å²) >= 11 is 6.50. The van der Waals surface area contributed by atoms with Gasteiger partial charge in [-0.1, -0.05) is 94.8 Å². The number of aryl methyl sites for hydroxylation is 1. The monoisotopic (exact) mass is 481 g/mol. The number of hydrogen-bond donors (Lipinski definition) is 0. The first-order valence-electron chi connectivity index (χ1n) is 12.5. The highest BCUT2D eigenvalue weighted by Crippen LogP contribution is 2.38. The second-order valence-electron chi connectivity index (χ2n) is 10.9. The highest BCUT2D eigenvalue weighted by molar-refractivity contribution is 6.31. The van der Waals surface area contributed by atoms with E-state index in [9.17, 15) is 0 Å². The molecule has 180 valence electrons. The number of hydrogen-bond acceptors (Lipinski definition) is 1. The van der Waals surface area contributed by atoms with Gasteiger partial charge in [-0.25, -0.2) is 0 Å². The predicted molar refractivity (Wildman–Crippen MR) is 153 cm³/mol. The second-order valence-corrected chi connectivity index (χ2v) is 11.3. The topological polar surface area (TPSA) is 3.24 Å². The Hall–Kier alpha value is -3.03. The molecule has 4 rings (SSSR count). The summed E-state index contributed by atoms with van der Waals surface area (Å²) in [6.45, 7) is 13.3. The zero-order valence-electron chi connectivity index (χ0n) is 21.8. The Balaban J connectivity index is 1.73. The van der Waals surface area contributed by atoms with Gasteiger partial charge in [0.25, 0.3) is 0 Å². The van der Waals surface area contributed by atoms with E-state index in [1.807, 2.05) is 12.1 Å². The van der Waals surface area contributed by atoms with Crippen molar-refractivity contribution in [2.45, 2.75) is 59.3 Å². The van der Waals surface area contributed by atoms with E-state index in [-0.39, 0.29) is 5.41 Å². The van der Waals surface area contributed by atoms with Crippen LogP contribution in [0.2, 0.25) is 5.02 Å². The number of anilines is 3. The fourth-order valence-electron chi connectivity index (χ4n) is 4.47. The molecule has 0 spiro atoms. The van der Waals surface area contributed by atoms with Crippen LogP contribution in [-0.2, 0) is 11.8 Å². The van der Waals surface area contributed by atoms with E-state index in [0.717, 1.165) is 34.1 Å². The van der Waals surface area contributed by atoms with E-state index >= 15 is 0 Å². The molecule has 0 unspecified atom stereocenters. The van der Waals surface area contributed by atoms with Crippen molar-refractivity contribution in [1.82, 2.24) is 0 Å². The van der Waals surface area contributed by atoms with Gasteiger partial charge in [0.15, 0.2) is 0 Å². The summed E-state index contributed by atoms with van der Waals surface area (Å²) in [5.74, 6) is 0.548. The summed E-state index contributed by atoms with van der Waals surface area (Å²) in [5.41, 5.74) is 9.89. The van der Waals surface area contributed by atoms with Crippen molar-refractivity contribution in [3.05, 3.63) is 124 Å². The average molecular weight is 482 g/mol. The molecule has 0 radical (unpaired) electrons. The van der Waals surface area contributed by atoms with Gasteiger partial charge in [0.1, 0.15) is 0 Å². The Morgan fingerprint density at radius 2 is 1.40 bits per heavy atom. The van der Waals surface area contributed by atoms with E-state index in [0.29, 0.717) is 5.92 Å². The number of nitrogens with zero attached hydrogens (tertiary/aromatic N) is 1. The molecule has 35 heavy (non-hydrogen) atoms. The molecule has 0 aliphatic carbocycles. The molecule has 4 aromatic rings. The lowest BCUT2D eigenvalue weighted by atomic mass is 9.87. The van der Waals surface area contributed by atoms with Crippen LogP contribution in [0.4, 0.5) is 17.1 Å². The van der Waals surface area contributed by atoms with Crippen LogP contribution in [0.1, 0.15) is 68.4 Å². The standard InChI is InChI=1S/C33H36ClN/c1-23(2)27-12-10-25(11-13-27)20-26-8-7-9-31(21-26)35(32-19-24(3)18-29(34)22-32)30-16-14-28(15-17-30)33(4,5)6/h7-19,21-23H,20H2,1-6H3. The van der Waals surface area contributed by atoms with E-state index in [2.05, 4.69) is 125 Å². The van der Waals surface area contributed by atoms with Crippen molar-refractivity contribution in [3.8, 4) is 0 Å². The molecule has 0 heterocycles. The minimum Gasteiger partial charge on any atom is -0.310 e. The lowest BCUT2D eigenvalue weighted by Gasteiger charge is -2.28. The molecule has 4 aromatic carbocycles. The molecule has 0 aliphatic rings. The Bertz CT molecular complexity index is 1260. The molecule has 0 fully saturated rings. The highest BCUT2D eigenvalue weighted by atomic mass is 35.5. The van der Waals surface area contributed by atoms with Gasteiger partial charge in [0.2, 0.25) is 0 Å². The molecule has 0 saturated heterocycles. The first-order chi connectivity index (χ1) is 16.6. The average Bonchev–Trinajstić information content (AvgIpc) is 2.79. The summed E-state index contributed by atoms with van der Waals surface area (Å²) in [6, 6.07) is 33.0. The molecular weight excluding hydrogens is 446 g/mol. The smallest absolute Gasteiger partial charge is 0.0479 e. The minimum atomic E-state index is 0.112. The van der Waals surface area contributed by atoms with Gasteiger partial charge < -0.3 is 4.90 Å². The SMILES string of the molecule is Cc1cc(Cl)cc(N(c2ccc(C(C)(C)C)cc2)c2cccc(Cc3ccc(C(C)C)cc3)c2)c1. The maximum Gasteiger partial charge on any atom is 0.0479 e. The summed E-state index contributed by atoms with van der Waals surface area (Å²) in [5, 5.41) is 0.748. The lowest BCUT2D eigenvalue weighted by molar-refractivity contribution is 0.590. The normalized spacial score (nSPS) is 11.7. The zero-order chi connectivity index (χ0) is 25.2. The number of benzene rings is 4. The second kappa shape index (κ2) is 10.3. The van der Waals surface area contributed by atoms with Gasteiger partial charge in [0.05, 0.1) is 0 Å². The summed E-state index contributed by atoms with van der Waals surface area (Å²) in [4.78, 5) is 2.30. The van der Waals surface area contributed by atoms with Gasteiger partial charge in [-0.15, -0.1) is 0 Å². The summed E-state index contributed by atoms with van der Waals surface area (Å²) < 4.78 is 0. The van der Waals surface area contributed by atoms with Gasteiger partial charge >= 0.3 is 0 Å². The third-order valence-corrected chi connectivity index (χ3v) is 6.72. The Kier molecular flexibility index (Phi) is 7.38. The van der Waals surface area contributed by atoms with E-state index in [4.69, 9.17) is 11.6 Å². The van der Waals surface area contributed by atoms with Gasteiger partial charge in [-0.3, -0.25) is 0 Å². The maximum atomic E-state index is 6.50. The number of rotatable bonds is 6. The molecule has 0 bridgehead atoms. The quantitative estimate of drug-likeness (QED) is 0.264. The van der Waals surface area contributed by atoms with Crippen molar-refractivity contribution in [3.63, 3.8) is 0 Å². The first kappa shape index (κ1) is 25.1. The lowest BCUT2D eigenvalue weighted by Crippen LogP contribution is -2.13. The van der Waals surface area contributed by atoms with E-state index in [1.54, 1.807) is 0 Å². The first-order valence-corrected chi connectivity index (χ1v) is 12.8. The largest absolute Gasteiger partial charge is 0.310 e. The van der Waals surface area contributed by atoms with Crippen LogP contribution >= 0.6 is 11.6 Å². The maximum absolute atomic E-state index is 6.50. The van der Waals surface area contributed by atoms with Crippen LogP contribution in [0.3, 0.4) is 0 Å². The summed E-state index contributed by atoms with van der Waals surface area (Å²) in [6.07, 6.45) is 0.900. The van der Waals surface area contributed by atoms with Gasteiger partial charge in [0, 0.05) is 22.1 Å². The fraction of sp³-hybridized carbons (Fsp3) is 0.273. The molecule has 0 N–H and O–H groups in total. The number of halogens is 1. The van der Waals surface area contributed by atoms with Gasteiger partial charge in [-0.05, 0) is 95.0 Å². The van der Waals surface area contributed by atoms with E-state index in [1.165, 1.54) is 22.3 Å². The van der Waals surface area contributed by atoms with Crippen LogP contribution in [0.25, 0.3) is 0 Å². The summed E-state index contributed by atoms with van der Waals surface area (Å²) in [7, 11) is 0. The van der Waals surface area contributed by atoms with Gasteiger partial charge in [-0.2, -0.15) is 0 Å². The Labute approximate surface area is 216 Å². The Morgan fingerprint density at radius 1 is 0.714 bits per heavy atom. The van der Waals surface area contributed by atoms with Crippen LogP contribution in [-0.4, -0.2) is 0 Å². The van der Waals surface area contributed by atoms with Crippen molar-refractivity contribution in [2.24, 2.45) is 0 Å². The van der Waals surface area contributed by atoms with Crippen LogP contribution in [0, 0.1) is 6.92 Å². The molecular formula is C33H36ClN. The molecule has 0 atom stereocenters. The highest BCUT2D eigenvalue weighted by Gasteiger charge is 2.17. The van der Waals surface area contributed by atoms with Crippen LogP contribution < -0.4 is 4.90 Å². The Morgan fingerprint density at radius 3 is 2.00 bits per heavy atom. The van der Waals surface area contributed by atoms with E-state index < -0.39 is 0 Å². The molecule has 0 amide bonds. The van der Waals surface area contributed by atoms with Crippen molar-refractivity contribution in [2.75, 3.05) is 4.90 Å². The zero-order valence-corrected chi connectivity index (χ0v) is 22.5. The molecule has 1 nitrogen and oxygen atoms in total. The third kappa shape index (κ3) is 6.16. The van der Waals surface area contributed by atoms with Crippen LogP contribution in [0.15, 0.2) is 91.0 Å². The van der Waals surface area contributed by atoms with Crippen molar-refractivity contribution >= 4 is 28.7 Å². The fourth-order valence-corrected chi connectivity index (χ4v) is 4.75.